The summed E-state index contributed by atoms with van der Waals surface area (Å²) in [5.74, 6) is 0.0148. The first-order valence-corrected chi connectivity index (χ1v) is 5.97. The molecule has 2 heteroatoms. The second kappa shape index (κ2) is 3.71. The summed E-state index contributed by atoms with van der Waals surface area (Å²) >= 11 is 6.56. The van der Waals surface area contributed by atoms with Crippen molar-refractivity contribution in [3.8, 4) is 0 Å². The van der Waals surface area contributed by atoms with Crippen LogP contribution in [0.1, 0.15) is 21.5 Å². The summed E-state index contributed by atoms with van der Waals surface area (Å²) in [5, 5.41) is 0. The summed E-state index contributed by atoms with van der Waals surface area (Å²) in [4.78, 5) is 11.5. The van der Waals surface area contributed by atoms with Gasteiger partial charge in [-0.05, 0) is 11.1 Å². The number of benzene rings is 2. The molecule has 0 radical (unpaired) electrons. The van der Waals surface area contributed by atoms with Crippen molar-refractivity contribution in [1.29, 1.82) is 0 Å². The van der Waals surface area contributed by atoms with Gasteiger partial charge in [0.25, 0.3) is 0 Å². The molecule has 84 valence electrons. The van der Waals surface area contributed by atoms with Gasteiger partial charge in [0.2, 0.25) is 0 Å². The molecule has 1 aliphatic carbocycles. The Hall–Kier alpha value is -1.60. The van der Waals surface area contributed by atoms with Crippen LogP contribution in [0, 0.1) is 0 Å². The Labute approximate surface area is 105 Å². The molecule has 0 bridgehead atoms. The summed E-state index contributed by atoms with van der Waals surface area (Å²) in [5.41, 5.74) is 2.67. The third-order valence-corrected chi connectivity index (χ3v) is 3.81. The topological polar surface area (TPSA) is 17.1 Å². The molecule has 17 heavy (non-hydrogen) atoms. The van der Waals surface area contributed by atoms with Crippen molar-refractivity contribution in [2.45, 2.75) is 11.3 Å². The fourth-order valence-electron chi connectivity index (χ4n) is 2.39. The molecule has 1 atom stereocenters. The van der Waals surface area contributed by atoms with Gasteiger partial charge in [-0.25, -0.2) is 0 Å². The van der Waals surface area contributed by atoms with E-state index in [4.69, 9.17) is 11.6 Å². The first-order chi connectivity index (χ1) is 8.22. The molecular weight excluding hydrogens is 232 g/mol. The van der Waals surface area contributed by atoms with Gasteiger partial charge in [-0.1, -0.05) is 54.6 Å². The number of alkyl halides is 1. The molecule has 0 aromatic heterocycles. The summed E-state index contributed by atoms with van der Waals surface area (Å²) in [6, 6.07) is 17.2. The highest BCUT2D eigenvalue weighted by Crippen LogP contribution is 2.42. The van der Waals surface area contributed by atoms with E-state index in [1.807, 2.05) is 54.6 Å². The summed E-state index contributed by atoms with van der Waals surface area (Å²) < 4.78 is 0. The van der Waals surface area contributed by atoms with E-state index < -0.39 is 4.87 Å². The van der Waals surface area contributed by atoms with Gasteiger partial charge < -0.3 is 0 Å². The van der Waals surface area contributed by atoms with Crippen LogP contribution in [0.25, 0.3) is 0 Å². The van der Waals surface area contributed by atoms with Crippen molar-refractivity contribution in [2.24, 2.45) is 0 Å². The molecule has 1 aliphatic rings. The number of ketones is 1. The average Bonchev–Trinajstić information content (AvgIpc) is 2.65. The quantitative estimate of drug-likeness (QED) is 0.699. The Kier molecular flexibility index (Phi) is 2.30. The van der Waals surface area contributed by atoms with Crippen molar-refractivity contribution >= 4 is 17.4 Å². The SMILES string of the molecule is O=C1c2ccccc2CC1(Cl)c1ccccc1. The van der Waals surface area contributed by atoms with Gasteiger partial charge in [-0.3, -0.25) is 4.79 Å². The molecule has 0 fully saturated rings. The molecule has 0 N–H and O–H groups in total. The maximum absolute atomic E-state index is 12.4. The minimum atomic E-state index is -0.912. The minimum Gasteiger partial charge on any atom is -0.292 e. The van der Waals surface area contributed by atoms with E-state index in [-0.39, 0.29) is 5.78 Å². The highest BCUT2D eigenvalue weighted by atomic mass is 35.5. The third kappa shape index (κ3) is 1.50. The van der Waals surface area contributed by atoms with Crippen molar-refractivity contribution in [3.63, 3.8) is 0 Å². The van der Waals surface area contributed by atoms with Gasteiger partial charge in [0.15, 0.2) is 5.78 Å². The van der Waals surface area contributed by atoms with Gasteiger partial charge in [0, 0.05) is 12.0 Å². The molecule has 0 heterocycles. The number of carbonyl (C=O) groups excluding carboxylic acids is 1. The van der Waals surface area contributed by atoms with Gasteiger partial charge in [-0.2, -0.15) is 0 Å². The third-order valence-electron chi connectivity index (χ3n) is 3.29. The molecule has 3 rings (SSSR count). The molecule has 0 spiro atoms. The van der Waals surface area contributed by atoms with Crippen molar-refractivity contribution < 1.29 is 4.79 Å². The summed E-state index contributed by atoms with van der Waals surface area (Å²) in [6.45, 7) is 0. The highest BCUT2D eigenvalue weighted by Gasteiger charge is 2.44. The van der Waals surface area contributed by atoms with Crippen molar-refractivity contribution in [3.05, 3.63) is 71.3 Å². The largest absolute Gasteiger partial charge is 0.292 e. The van der Waals surface area contributed by atoms with Crippen LogP contribution in [0.5, 0.6) is 0 Å². The van der Waals surface area contributed by atoms with E-state index >= 15 is 0 Å². The molecule has 2 aromatic rings. The normalized spacial score (nSPS) is 22.5. The summed E-state index contributed by atoms with van der Waals surface area (Å²) in [6.07, 6.45) is 0.577. The standard InChI is InChI=1S/C15H11ClO/c16-15(12-7-2-1-3-8-12)10-11-6-4-5-9-13(11)14(15)17/h1-9H,10H2. The lowest BCUT2D eigenvalue weighted by molar-refractivity contribution is 0.0952. The molecule has 0 saturated carbocycles. The Morgan fingerprint density at radius 1 is 0.941 bits per heavy atom. The predicted molar refractivity (Wildman–Crippen MR) is 68.4 cm³/mol. The van der Waals surface area contributed by atoms with Crippen LogP contribution in [-0.4, -0.2) is 5.78 Å². The van der Waals surface area contributed by atoms with E-state index in [2.05, 4.69) is 0 Å². The number of halogens is 1. The smallest absolute Gasteiger partial charge is 0.188 e. The monoisotopic (exact) mass is 242 g/mol. The first kappa shape index (κ1) is 10.5. The average molecular weight is 243 g/mol. The maximum atomic E-state index is 12.4. The lowest BCUT2D eigenvalue weighted by atomic mass is 9.94. The molecule has 0 amide bonds. The number of hydrogen-bond donors (Lipinski definition) is 0. The predicted octanol–water partition coefficient (Wildman–Crippen LogP) is 3.56. The van der Waals surface area contributed by atoms with Crippen LogP contribution >= 0.6 is 11.6 Å². The van der Waals surface area contributed by atoms with Gasteiger partial charge >= 0.3 is 0 Å². The zero-order chi connectivity index (χ0) is 11.9. The second-order valence-electron chi connectivity index (χ2n) is 4.33. The molecule has 1 unspecified atom stereocenters. The van der Waals surface area contributed by atoms with Crippen LogP contribution in [0.3, 0.4) is 0 Å². The number of fused-ring (bicyclic) bond motifs is 1. The summed E-state index contributed by atoms with van der Waals surface area (Å²) in [7, 11) is 0. The highest BCUT2D eigenvalue weighted by molar-refractivity contribution is 6.39. The van der Waals surface area contributed by atoms with E-state index in [0.717, 1.165) is 16.7 Å². The number of Topliss-reactive ketones (excluding diaryl/α,β-unsaturated/α-hetero) is 1. The van der Waals surface area contributed by atoms with Crippen LogP contribution in [0.2, 0.25) is 0 Å². The fraction of sp³-hybridized carbons (Fsp3) is 0.133. The molecule has 2 aromatic carbocycles. The van der Waals surface area contributed by atoms with Gasteiger partial charge in [0.05, 0.1) is 0 Å². The van der Waals surface area contributed by atoms with Gasteiger partial charge in [0.1, 0.15) is 4.87 Å². The Morgan fingerprint density at radius 2 is 1.59 bits per heavy atom. The van der Waals surface area contributed by atoms with E-state index in [9.17, 15) is 4.79 Å². The Morgan fingerprint density at radius 3 is 2.29 bits per heavy atom. The maximum Gasteiger partial charge on any atom is 0.188 e. The molecular formula is C15H11ClO. The lowest BCUT2D eigenvalue weighted by Crippen LogP contribution is -2.26. The van der Waals surface area contributed by atoms with Crippen molar-refractivity contribution in [1.82, 2.24) is 0 Å². The molecule has 0 aliphatic heterocycles. The number of carbonyl (C=O) groups is 1. The minimum absolute atomic E-state index is 0.0148. The van der Waals surface area contributed by atoms with Gasteiger partial charge in [-0.15, -0.1) is 11.6 Å². The van der Waals surface area contributed by atoms with Crippen LogP contribution < -0.4 is 0 Å². The van der Waals surface area contributed by atoms with Crippen LogP contribution in [0.15, 0.2) is 54.6 Å². The van der Waals surface area contributed by atoms with Crippen LogP contribution in [-0.2, 0) is 11.3 Å². The first-order valence-electron chi connectivity index (χ1n) is 5.59. The molecule has 1 nitrogen and oxygen atoms in total. The zero-order valence-electron chi connectivity index (χ0n) is 9.19. The fourth-order valence-corrected chi connectivity index (χ4v) is 2.76. The zero-order valence-corrected chi connectivity index (χ0v) is 9.95. The van der Waals surface area contributed by atoms with Crippen LogP contribution in [0.4, 0.5) is 0 Å². The number of hydrogen-bond acceptors (Lipinski definition) is 1. The molecule has 0 saturated heterocycles. The van der Waals surface area contributed by atoms with E-state index in [1.54, 1.807) is 0 Å². The van der Waals surface area contributed by atoms with E-state index in [1.165, 1.54) is 0 Å². The number of rotatable bonds is 1. The lowest BCUT2D eigenvalue weighted by Gasteiger charge is -2.19. The second-order valence-corrected chi connectivity index (χ2v) is 4.98. The Bertz CT molecular complexity index is 576. The van der Waals surface area contributed by atoms with E-state index in [0.29, 0.717) is 6.42 Å². The van der Waals surface area contributed by atoms with Crippen molar-refractivity contribution in [2.75, 3.05) is 0 Å². The Balaban J connectivity index is 2.12.